The SMILES string of the molecule is CCCCCCCCCCCCCCCCCCCCCCCCCC(=O)NC(COC1OC(CO)C(O)C(OS(=O)(=O)O)C1O)C(O)CCCCCCCCCCCCCCCCCCCCCCCC. The number of aliphatic hydroxyl groups is 4. The quantitative estimate of drug-likeness (QED) is 0.0251. The van der Waals surface area contributed by atoms with E-state index in [1.807, 2.05) is 0 Å². The first-order chi connectivity index (χ1) is 35.0. The molecule has 7 atom stereocenters. The van der Waals surface area contributed by atoms with Crippen LogP contribution in [-0.4, -0.2) is 95.4 Å². The van der Waals surface area contributed by atoms with E-state index >= 15 is 0 Å². The molecule has 1 fully saturated rings. The van der Waals surface area contributed by atoms with Gasteiger partial charge in [-0.1, -0.05) is 296 Å². The van der Waals surface area contributed by atoms with E-state index in [9.17, 15) is 38.2 Å². The average molecular weight is 1050 g/mol. The van der Waals surface area contributed by atoms with Crippen molar-refractivity contribution in [2.75, 3.05) is 13.2 Å². The Morgan fingerprint density at radius 1 is 0.500 bits per heavy atom. The number of rotatable bonds is 55. The summed E-state index contributed by atoms with van der Waals surface area (Å²) < 4.78 is 48.0. The molecule has 0 bridgehead atoms. The highest BCUT2D eigenvalue weighted by molar-refractivity contribution is 7.80. The summed E-state index contributed by atoms with van der Waals surface area (Å²) >= 11 is 0. The van der Waals surface area contributed by atoms with Crippen LogP contribution in [0.5, 0.6) is 0 Å². The first-order valence-corrected chi connectivity index (χ1v) is 32.3. The molecule has 0 aromatic heterocycles. The smallest absolute Gasteiger partial charge is 0.394 e. The average Bonchev–Trinajstić information content (AvgIpc) is 3.36. The molecule has 0 saturated carbocycles. The third kappa shape index (κ3) is 41.3. The van der Waals surface area contributed by atoms with Crippen molar-refractivity contribution in [1.29, 1.82) is 0 Å². The molecule has 430 valence electrons. The molecule has 0 aliphatic carbocycles. The van der Waals surface area contributed by atoms with Gasteiger partial charge in [-0.25, -0.2) is 4.18 Å². The molecule has 72 heavy (non-hydrogen) atoms. The molecule has 0 aromatic rings. The fourth-order valence-corrected chi connectivity index (χ4v) is 10.9. The van der Waals surface area contributed by atoms with Crippen molar-refractivity contribution in [3.63, 3.8) is 0 Å². The Bertz CT molecular complexity index is 1280. The maximum atomic E-state index is 13.2. The number of unbranched alkanes of at least 4 members (excludes halogenated alkanes) is 43. The molecule has 12 nitrogen and oxygen atoms in total. The molecule has 1 heterocycles. The number of amides is 1. The summed E-state index contributed by atoms with van der Waals surface area (Å²) in [6.07, 6.45) is 49.7. The van der Waals surface area contributed by atoms with Gasteiger partial charge in [0.1, 0.15) is 24.4 Å². The van der Waals surface area contributed by atoms with Gasteiger partial charge in [0.25, 0.3) is 0 Å². The van der Waals surface area contributed by atoms with Crippen molar-refractivity contribution in [2.45, 2.75) is 358 Å². The van der Waals surface area contributed by atoms with Crippen molar-refractivity contribution < 1.29 is 51.8 Å². The van der Waals surface area contributed by atoms with Crippen LogP contribution in [0.3, 0.4) is 0 Å². The minimum absolute atomic E-state index is 0.221. The zero-order valence-electron chi connectivity index (χ0n) is 46.8. The monoisotopic (exact) mass is 1050 g/mol. The van der Waals surface area contributed by atoms with E-state index < -0.39 is 59.9 Å². The van der Waals surface area contributed by atoms with E-state index in [-0.39, 0.29) is 12.5 Å². The third-order valence-corrected chi connectivity index (χ3v) is 15.6. The number of hydrogen-bond acceptors (Lipinski definition) is 10. The molecule has 0 aromatic carbocycles. The third-order valence-electron chi connectivity index (χ3n) is 15.2. The summed E-state index contributed by atoms with van der Waals surface area (Å²) in [5.41, 5.74) is 0. The minimum Gasteiger partial charge on any atom is -0.394 e. The second kappa shape index (κ2) is 49.7. The van der Waals surface area contributed by atoms with Gasteiger partial charge >= 0.3 is 10.4 Å². The van der Waals surface area contributed by atoms with E-state index in [1.54, 1.807) is 0 Å². The van der Waals surface area contributed by atoms with E-state index in [1.165, 1.54) is 238 Å². The summed E-state index contributed by atoms with van der Waals surface area (Å²) in [5.74, 6) is -0.221. The van der Waals surface area contributed by atoms with Gasteiger partial charge in [-0.05, 0) is 12.8 Å². The van der Waals surface area contributed by atoms with Crippen molar-refractivity contribution in [3.05, 3.63) is 0 Å². The van der Waals surface area contributed by atoms with E-state index in [4.69, 9.17) is 9.47 Å². The molecule has 13 heteroatoms. The van der Waals surface area contributed by atoms with Crippen LogP contribution in [0.1, 0.15) is 316 Å². The highest BCUT2D eigenvalue weighted by Crippen LogP contribution is 2.26. The molecule has 1 aliphatic rings. The molecule has 0 radical (unpaired) electrons. The zero-order chi connectivity index (χ0) is 52.6. The van der Waals surface area contributed by atoms with Crippen molar-refractivity contribution in [3.8, 4) is 0 Å². The first-order valence-electron chi connectivity index (χ1n) is 30.9. The predicted molar refractivity (Wildman–Crippen MR) is 296 cm³/mol. The molecular weight excluding hydrogens is 931 g/mol. The number of carbonyl (C=O) groups excluding carboxylic acids is 1. The van der Waals surface area contributed by atoms with Crippen molar-refractivity contribution >= 4 is 16.3 Å². The molecule has 0 spiro atoms. The maximum absolute atomic E-state index is 13.2. The summed E-state index contributed by atoms with van der Waals surface area (Å²) in [6.45, 7) is 3.52. The van der Waals surface area contributed by atoms with E-state index in [2.05, 4.69) is 23.3 Å². The predicted octanol–water partition coefficient (Wildman–Crippen LogP) is 14.9. The van der Waals surface area contributed by atoms with E-state index in [0.717, 1.165) is 51.4 Å². The Morgan fingerprint density at radius 2 is 0.806 bits per heavy atom. The van der Waals surface area contributed by atoms with Crippen LogP contribution in [-0.2, 0) is 28.9 Å². The molecule has 1 aliphatic heterocycles. The zero-order valence-corrected chi connectivity index (χ0v) is 47.6. The van der Waals surface area contributed by atoms with Crippen LogP contribution in [0.4, 0.5) is 0 Å². The Kier molecular flexibility index (Phi) is 47.7. The fraction of sp³-hybridized carbons (Fsp3) is 0.983. The van der Waals surface area contributed by atoms with Crippen LogP contribution in [0.2, 0.25) is 0 Å². The lowest BCUT2D eigenvalue weighted by molar-refractivity contribution is -0.298. The van der Waals surface area contributed by atoms with Crippen LogP contribution in [0.25, 0.3) is 0 Å². The van der Waals surface area contributed by atoms with Gasteiger partial charge < -0.3 is 35.2 Å². The Hall–Kier alpha value is -0.900. The summed E-state index contributed by atoms with van der Waals surface area (Å²) in [5, 5.41) is 45.2. The standard InChI is InChI=1S/C59H117NO11S/c1-3-5-7-9-11-13-15-17-19-21-23-25-27-29-31-33-35-37-39-41-43-45-47-49-55(63)60-52(51-69-59-57(65)58(71-72(66,67)68)56(64)54(50-61)70-59)53(62)48-46-44-42-40-38-36-34-32-30-28-26-24-22-20-18-16-14-12-10-8-6-4-2/h52-54,56-59,61-62,64-65H,3-51H2,1-2H3,(H,60,63)(H,66,67,68). The van der Waals surface area contributed by atoms with Crippen LogP contribution in [0.15, 0.2) is 0 Å². The number of nitrogens with one attached hydrogen (secondary N) is 1. The maximum Gasteiger partial charge on any atom is 0.397 e. The van der Waals surface area contributed by atoms with Crippen LogP contribution < -0.4 is 5.32 Å². The van der Waals surface area contributed by atoms with Crippen LogP contribution >= 0.6 is 0 Å². The molecule has 7 unspecified atom stereocenters. The molecule has 6 N–H and O–H groups in total. The van der Waals surface area contributed by atoms with Gasteiger partial charge in [-0.3, -0.25) is 9.35 Å². The van der Waals surface area contributed by atoms with Gasteiger partial charge in [-0.15, -0.1) is 0 Å². The van der Waals surface area contributed by atoms with Crippen molar-refractivity contribution in [1.82, 2.24) is 5.32 Å². The largest absolute Gasteiger partial charge is 0.397 e. The highest BCUT2D eigenvalue weighted by Gasteiger charge is 2.48. The Labute approximate surface area is 443 Å². The van der Waals surface area contributed by atoms with Gasteiger partial charge in [0.2, 0.25) is 5.91 Å². The highest BCUT2D eigenvalue weighted by atomic mass is 32.3. The molecule has 1 saturated heterocycles. The summed E-state index contributed by atoms with van der Waals surface area (Å²) in [7, 11) is -5.08. The minimum atomic E-state index is -5.08. The van der Waals surface area contributed by atoms with Gasteiger partial charge in [0.05, 0.1) is 25.4 Å². The number of aliphatic hydroxyl groups excluding tert-OH is 4. The molecule has 1 amide bonds. The normalized spacial score (nSPS) is 19.2. The number of carbonyl (C=O) groups is 1. The topological polar surface area (TPSA) is 192 Å². The van der Waals surface area contributed by atoms with E-state index in [0.29, 0.717) is 12.8 Å². The number of ether oxygens (including phenoxy) is 2. The summed E-state index contributed by atoms with van der Waals surface area (Å²) in [6, 6.07) is -0.854. The molecular formula is C59H117NO11S. The number of hydrogen-bond donors (Lipinski definition) is 6. The van der Waals surface area contributed by atoms with Crippen molar-refractivity contribution in [2.24, 2.45) is 0 Å². The Morgan fingerprint density at radius 3 is 1.11 bits per heavy atom. The van der Waals surface area contributed by atoms with Gasteiger partial charge in [0, 0.05) is 6.42 Å². The Balaban J connectivity index is 2.31. The lowest BCUT2D eigenvalue weighted by Crippen LogP contribution is -2.61. The molecule has 1 rings (SSSR count). The second-order valence-electron chi connectivity index (χ2n) is 22.0. The first kappa shape index (κ1) is 69.1. The van der Waals surface area contributed by atoms with Gasteiger partial charge in [0.15, 0.2) is 6.29 Å². The second-order valence-corrected chi connectivity index (χ2v) is 23.1. The summed E-state index contributed by atoms with van der Waals surface area (Å²) in [4.78, 5) is 13.2. The van der Waals surface area contributed by atoms with Gasteiger partial charge in [-0.2, -0.15) is 8.42 Å². The van der Waals surface area contributed by atoms with Crippen LogP contribution in [0, 0.1) is 0 Å². The lowest BCUT2D eigenvalue weighted by atomic mass is 9.99. The fourth-order valence-electron chi connectivity index (χ4n) is 10.4. The lowest BCUT2D eigenvalue weighted by Gasteiger charge is -2.41.